The highest BCUT2D eigenvalue weighted by molar-refractivity contribution is 5.98. The van der Waals surface area contributed by atoms with Gasteiger partial charge in [-0.25, -0.2) is 4.39 Å². The minimum absolute atomic E-state index is 0.0927. The van der Waals surface area contributed by atoms with E-state index in [0.717, 1.165) is 59.4 Å². The number of fused-ring (bicyclic) bond motifs is 1. The number of Topliss-reactive ketones (excluding diaryl/α,β-unsaturated/α-hetero) is 1. The molecule has 0 spiro atoms. The van der Waals surface area contributed by atoms with Gasteiger partial charge in [-0.2, -0.15) is 10.2 Å². The van der Waals surface area contributed by atoms with Crippen molar-refractivity contribution in [1.29, 1.82) is 0 Å². The number of aromatic nitrogens is 1. The summed E-state index contributed by atoms with van der Waals surface area (Å²) in [5.41, 5.74) is 6.08. The van der Waals surface area contributed by atoms with Crippen LogP contribution in [-0.2, 0) is 11.2 Å². The zero-order chi connectivity index (χ0) is 19.8. The van der Waals surface area contributed by atoms with Crippen LogP contribution >= 0.6 is 0 Å². The minimum Gasteiger partial charge on any atom is -0.295 e. The molecule has 0 bridgehead atoms. The number of ketones is 1. The van der Waals surface area contributed by atoms with Crippen molar-refractivity contribution in [2.24, 2.45) is 16.1 Å². The highest BCUT2D eigenvalue weighted by Gasteiger charge is 2.39. The summed E-state index contributed by atoms with van der Waals surface area (Å²) >= 11 is 0. The Labute approximate surface area is 169 Å². The lowest BCUT2D eigenvalue weighted by Gasteiger charge is -2.29. The summed E-state index contributed by atoms with van der Waals surface area (Å²) in [4.78, 5) is 17.6. The largest absolute Gasteiger partial charge is 0.295 e. The molecule has 0 saturated carbocycles. The number of hydrogen-bond acceptors (Lipinski definition) is 4. The number of carbonyl (C=O) groups is 1. The van der Waals surface area contributed by atoms with Gasteiger partial charge in [0.25, 0.3) is 0 Å². The first-order chi connectivity index (χ1) is 14.2. The highest BCUT2D eigenvalue weighted by atomic mass is 19.1. The van der Waals surface area contributed by atoms with Crippen molar-refractivity contribution in [1.82, 2.24) is 4.98 Å². The average Bonchev–Trinajstić information content (AvgIpc) is 3.06. The van der Waals surface area contributed by atoms with E-state index in [9.17, 15) is 9.18 Å². The van der Waals surface area contributed by atoms with Gasteiger partial charge >= 0.3 is 0 Å². The molecule has 2 unspecified atom stereocenters. The molecule has 2 heterocycles. The van der Waals surface area contributed by atoms with E-state index in [4.69, 9.17) is 0 Å². The van der Waals surface area contributed by atoms with Gasteiger partial charge in [-0.05, 0) is 73.4 Å². The number of azo groups is 1. The number of halogens is 1. The van der Waals surface area contributed by atoms with Crippen LogP contribution in [0.2, 0.25) is 0 Å². The number of hydrogen-bond donors (Lipinski definition) is 0. The maximum absolute atomic E-state index is 13.4. The predicted molar refractivity (Wildman–Crippen MR) is 108 cm³/mol. The van der Waals surface area contributed by atoms with Gasteiger partial charge in [0.05, 0.1) is 5.70 Å². The van der Waals surface area contributed by atoms with E-state index in [1.807, 2.05) is 18.2 Å². The lowest BCUT2D eigenvalue weighted by atomic mass is 9.74. The molecule has 1 aromatic heterocycles. The van der Waals surface area contributed by atoms with Crippen LogP contribution in [0.4, 0.5) is 4.39 Å². The maximum Gasteiger partial charge on any atom is 0.159 e. The van der Waals surface area contributed by atoms with E-state index < -0.39 is 0 Å². The molecule has 5 rings (SSSR count). The Kier molecular flexibility index (Phi) is 4.66. The Morgan fingerprint density at radius 3 is 2.62 bits per heavy atom. The molecule has 4 nitrogen and oxygen atoms in total. The van der Waals surface area contributed by atoms with Gasteiger partial charge in [0.1, 0.15) is 11.9 Å². The van der Waals surface area contributed by atoms with Crippen LogP contribution in [0.15, 0.2) is 81.3 Å². The Morgan fingerprint density at radius 2 is 1.83 bits per heavy atom. The summed E-state index contributed by atoms with van der Waals surface area (Å²) in [6, 6.07) is 12.1. The SMILES string of the molecule is O=C1CCCCC2=C1C(Cc1ccccn1)CC1=C2C(c2ccc(F)cc2)N=N1. The van der Waals surface area contributed by atoms with Crippen molar-refractivity contribution in [2.45, 2.75) is 44.6 Å². The van der Waals surface area contributed by atoms with E-state index >= 15 is 0 Å². The highest BCUT2D eigenvalue weighted by Crippen LogP contribution is 2.50. The van der Waals surface area contributed by atoms with Crippen molar-refractivity contribution < 1.29 is 9.18 Å². The van der Waals surface area contributed by atoms with Crippen molar-refractivity contribution >= 4 is 5.78 Å². The van der Waals surface area contributed by atoms with Gasteiger partial charge in [0.15, 0.2) is 5.78 Å². The van der Waals surface area contributed by atoms with E-state index in [2.05, 4.69) is 15.2 Å². The van der Waals surface area contributed by atoms with E-state index in [1.165, 1.54) is 12.1 Å². The van der Waals surface area contributed by atoms with Crippen molar-refractivity contribution in [3.8, 4) is 0 Å². The van der Waals surface area contributed by atoms with Crippen LogP contribution in [0.1, 0.15) is 49.4 Å². The topological polar surface area (TPSA) is 54.7 Å². The Hall–Kier alpha value is -2.95. The molecule has 0 fully saturated rings. The molecule has 1 aromatic carbocycles. The van der Waals surface area contributed by atoms with Gasteiger partial charge in [-0.1, -0.05) is 18.2 Å². The van der Waals surface area contributed by atoms with Crippen LogP contribution < -0.4 is 0 Å². The molecular weight excluding hydrogens is 365 g/mol. The van der Waals surface area contributed by atoms with E-state index in [-0.39, 0.29) is 23.6 Å². The maximum atomic E-state index is 13.4. The summed E-state index contributed by atoms with van der Waals surface area (Å²) < 4.78 is 13.4. The quantitative estimate of drug-likeness (QED) is 0.680. The van der Waals surface area contributed by atoms with Crippen molar-refractivity contribution in [3.05, 3.63) is 88.2 Å². The van der Waals surface area contributed by atoms with Gasteiger partial charge in [0.2, 0.25) is 0 Å². The van der Waals surface area contributed by atoms with Crippen LogP contribution in [-0.4, -0.2) is 10.8 Å². The van der Waals surface area contributed by atoms with Crippen molar-refractivity contribution in [2.75, 3.05) is 0 Å². The molecule has 0 radical (unpaired) electrons. The van der Waals surface area contributed by atoms with E-state index in [1.54, 1.807) is 18.3 Å². The summed E-state index contributed by atoms with van der Waals surface area (Å²) in [5.74, 6) is 0.0893. The van der Waals surface area contributed by atoms with E-state index in [0.29, 0.717) is 12.8 Å². The number of allylic oxidation sites excluding steroid dienone is 2. The second-order valence-corrected chi connectivity index (χ2v) is 7.98. The zero-order valence-corrected chi connectivity index (χ0v) is 16.1. The third kappa shape index (κ3) is 3.35. The molecule has 1 aliphatic heterocycles. The van der Waals surface area contributed by atoms with Crippen molar-refractivity contribution in [3.63, 3.8) is 0 Å². The molecule has 0 N–H and O–H groups in total. The molecule has 2 aromatic rings. The molecule has 29 heavy (non-hydrogen) atoms. The third-order valence-electron chi connectivity index (χ3n) is 6.12. The zero-order valence-electron chi connectivity index (χ0n) is 16.1. The first kappa shape index (κ1) is 18.1. The predicted octanol–water partition coefficient (Wildman–Crippen LogP) is 5.68. The minimum atomic E-state index is -0.262. The van der Waals surface area contributed by atoms with Crippen LogP contribution in [0.5, 0.6) is 0 Å². The second-order valence-electron chi connectivity index (χ2n) is 7.98. The molecule has 0 amide bonds. The number of rotatable bonds is 3. The Balaban J connectivity index is 1.57. The monoisotopic (exact) mass is 387 g/mol. The first-order valence-electron chi connectivity index (χ1n) is 10.3. The fourth-order valence-electron chi connectivity index (χ4n) is 4.83. The smallest absolute Gasteiger partial charge is 0.159 e. The molecule has 146 valence electrons. The number of nitrogens with zero attached hydrogens (tertiary/aromatic N) is 3. The number of pyridine rings is 1. The molecule has 2 atom stereocenters. The fourth-order valence-corrected chi connectivity index (χ4v) is 4.83. The Morgan fingerprint density at radius 1 is 1.00 bits per heavy atom. The summed E-state index contributed by atoms with van der Waals surface area (Å²) in [6.45, 7) is 0. The molecule has 0 saturated heterocycles. The van der Waals surface area contributed by atoms with Crippen LogP contribution in [0.3, 0.4) is 0 Å². The van der Waals surface area contributed by atoms with Gasteiger partial charge in [-0.3, -0.25) is 9.78 Å². The normalized spacial score (nSPS) is 23.8. The lowest BCUT2D eigenvalue weighted by molar-refractivity contribution is -0.116. The molecular formula is C24H22FN3O. The molecule has 5 heteroatoms. The molecule has 3 aliphatic rings. The Bertz CT molecular complexity index is 1040. The third-order valence-corrected chi connectivity index (χ3v) is 6.12. The van der Waals surface area contributed by atoms with Gasteiger partial charge < -0.3 is 0 Å². The number of carbonyl (C=O) groups excluding carboxylic acids is 1. The average molecular weight is 387 g/mol. The first-order valence-corrected chi connectivity index (χ1v) is 10.3. The standard InChI is InChI=1S/C24H22FN3O/c25-17-10-8-15(9-11-17)24-23-19-6-1-2-7-21(29)22(19)16(14-20(23)27-28-24)13-18-5-3-4-12-26-18/h3-5,8-12,16,24H,1-2,6-7,13-14H2. The van der Waals surface area contributed by atoms with Crippen LogP contribution in [0.25, 0.3) is 0 Å². The molecule has 2 aliphatic carbocycles. The summed E-state index contributed by atoms with van der Waals surface area (Å²) in [5, 5.41) is 9.06. The van der Waals surface area contributed by atoms with Gasteiger partial charge in [0, 0.05) is 29.5 Å². The van der Waals surface area contributed by atoms with Gasteiger partial charge in [-0.15, -0.1) is 0 Å². The summed E-state index contributed by atoms with van der Waals surface area (Å²) in [7, 11) is 0. The summed E-state index contributed by atoms with van der Waals surface area (Å²) in [6.07, 6.45) is 6.63. The number of benzene rings is 1. The van der Waals surface area contributed by atoms with Crippen LogP contribution in [0, 0.1) is 11.7 Å². The lowest BCUT2D eigenvalue weighted by Crippen LogP contribution is -2.23. The second kappa shape index (κ2) is 7.47. The fraction of sp³-hybridized carbons (Fsp3) is 0.333.